The number of hydrogen-bond acceptors (Lipinski definition) is 5. The first-order chi connectivity index (χ1) is 8.86. The number of nitrogens with one attached hydrogen (secondary N) is 1. The number of benzene rings is 1. The van der Waals surface area contributed by atoms with E-state index in [9.17, 15) is 13.2 Å². The minimum absolute atomic E-state index is 0.0792. The number of amides is 1. The number of hydrogen-bond donors (Lipinski definition) is 2. The van der Waals surface area contributed by atoms with E-state index in [0.717, 1.165) is 0 Å². The van der Waals surface area contributed by atoms with Crippen LogP contribution in [0.2, 0.25) is 0 Å². The lowest BCUT2D eigenvalue weighted by Gasteiger charge is -2.04. The smallest absolute Gasteiger partial charge is 0.277 e. The van der Waals surface area contributed by atoms with Crippen LogP contribution in [-0.2, 0) is 17.1 Å². The van der Waals surface area contributed by atoms with E-state index in [4.69, 9.17) is 5.14 Å². The van der Waals surface area contributed by atoms with Crippen LogP contribution in [0.25, 0.3) is 0 Å². The van der Waals surface area contributed by atoms with Crippen molar-refractivity contribution in [2.75, 3.05) is 5.32 Å². The molecule has 1 aromatic heterocycles. The Balaban J connectivity index is 2.22. The summed E-state index contributed by atoms with van der Waals surface area (Å²) < 4.78 is 22.4. The highest BCUT2D eigenvalue weighted by Crippen LogP contribution is 2.14. The van der Waals surface area contributed by atoms with Gasteiger partial charge in [-0.3, -0.25) is 4.79 Å². The Hall–Kier alpha value is -2.26. The fraction of sp³-hybridized carbons (Fsp3) is 0.100. The molecule has 0 aliphatic carbocycles. The molecule has 0 atom stereocenters. The van der Waals surface area contributed by atoms with E-state index in [0.29, 0.717) is 5.69 Å². The molecule has 1 amide bonds. The first kappa shape index (κ1) is 13.2. The lowest BCUT2D eigenvalue weighted by atomic mass is 10.3. The van der Waals surface area contributed by atoms with Gasteiger partial charge >= 0.3 is 0 Å². The Labute approximate surface area is 109 Å². The maximum absolute atomic E-state index is 11.8. The molecule has 0 fully saturated rings. The standard InChI is InChI=1S/C10H11N5O3S/c1-15-12-6-9(14-15)10(16)13-7-3-2-4-8(5-7)19(11,17)18/h2-6H,1H3,(H,13,16)(H2,11,17,18). The molecule has 1 aromatic carbocycles. The molecule has 0 radical (unpaired) electrons. The number of carbonyl (C=O) groups is 1. The van der Waals surface area contributed by atoms with Crippen LogP contribution >= 0.6 is 0 Å². The molecule has 2 rings (SSSR count). The van der Waals surface area contributed by atoms with E-state index in [1.54, 1.807) is 13.1 Å². The quantitative estimate of drug-likeness (QED) is 0.801. The lowest BCUT2D eigenvalue weighted by Crippen LogP contribution is -2.15. The molecule has 0 aliphatic heterocycles. The summed E-state index contributed by atoms with van der Waals surface area (Å²) >= 11 is 0. The minimum atomic E-state index is -3.81. The van der Waals surface area contributed by atoms with Gasteiger partial charge in [0.05, 0.1) is 11.1 Å². The molecular weight excluding hydrogens is 270 g/mol. The number of anilines is 1. The summed E-state index contributed by atoms with van der Waals surface area (Å²) in [6.07, 6.45) is 1.30. The Morgan fingerprint density at radius 3 is 2.74 bits per heavy atom. The van der Waals surface area contributed by atoms with Gasteiger partial charge in [-0.2, -0.15) is 9.90 Å². The molecule has 0 spiro atoms. The van der Waals surface area contributed by atoms with Gasteiger partial charge in [-0.25, -0.2) is 13.6 Å². The SMILES string of the molecule is Cn1ncc(C(=O)Nc2cccc(S(N)(=O)=O)c2)n1. The monoisotopic (exact) mass is 281 g/mol. The van der Waals surface area contributed by atoms with Crippen LogP contribution in [0.3, 0.4) is 0 Å². The number of carbonyl (C=O) groups excluding carboxylic acids is 1. The molecule has 2 aromatic rings. The van der Waals surface area contributed by atoms with Crippen molar-refractivity contribution in [3.8, 4) is 0 Å². The normalized spacial score (nSPS) is 11.3. The summed E-state index contributed by atoms with van der Waals surface area (Å²) in [6.45, 7) is 0. The van der Waals surface area contributed by atoms with E-state index in [1.165, 1.54) is 29.2 Å². The Kier molecular flexibility index (Phi) is 3.32. The molecule has 19 heavy (non-hydrogen) atoms. The number of nitrogens with two attached hydrogens (primary N) is 1. The second kappa shape index (κ2) is 4.78. The summed E-state index contributed by atoms with van der Waals surface area (Å²) in [5.41, 5.74) is 0.436. The second-order valence-corrected chi connectivity index (χ2v) is 5.31. The number of aromatic nitrogens is 3. The maximum Gasteiger partial charge on any atom is 0.277 e. The van der Waals surface area contributed by atoms with Crippen molar-refractivity contribution in [2.45, 2.75) is 4.90 Å². The molecule has 0 aliphatic rings. The summed E-state index contributed by atoms with van der Waals surface area (Å²) in [5.74, 6) is -0.486. The Morgan fingerprint density at radius 2 is 2.16 bits per heavy atom. The Morgan fingerprint density at radius 1 is 1.42 bits per heavy atom. The molecular formula is C10H11N5O3S. The van der Waals surface area contributed by atoms with Crippen LogP contribution in [0.5, 0.6) is 0 Å². The van der Waals surface area contributed by atoms with Crippen molar-refractivity contribution in [2.24, 2.45) is 12.2 Å². The van der Waals surface area contributed by atoms with E-state index < -0.39 is 15.9 Å². The second-order valence-electron chi connectivity index (χ2n) is 3.75. The summed E-state index contributed by atoms with van der Waals surface area (Å²) in [4.78, 5) is 12.9. The van der Waals surface area contributed by atoms with Crippen LogP contribution in [0.1, 0.15) is 10.5 Å². The van der Waals surface area contributed by atoms with Crippen LogP contribution in [0.4, 0.5) is 5.69 Å². The average molecular weight is 281 g/mol. The van der Waals surface area contributed by atoms with Crippen molar-refractivity contribution < 1.29 is 13.2 Å². The Bertz CT molecular complexity index is 722. The van der Waals surface area contributed by atoms with Gasteiger partial charge in [-0.05, 0) is 18.2 Å². The number of sulfonamides is 1. The van der Waals surface area contributed by atoms with Gasteiger partial charge in [-0.15, -0.1) is 5.10 Å². The topological polar surface area (TPSA) is 120 Å². The van der Waals surface area contributed by atoms with Gasteiger partial charge < -0.3 is 5.32 Å². The molecule has 0 bridgehead atoms. The molecule has 1 heterocycles. The molecule has 0 saturated carbocycles. The third-order valence-electron chi connectivity index (χ3n) is 2.25. The fourth-order valence-electron chi connectivity index (χ4n) is 1.40. The highest BCUT2D eigenvalue weighted by Gasteiger charge is 2.12. The van der Waals surface area contributed by atoms with E-state index in [2.05, 4.69) is 15.5 Å². The van der Waals surface area contributed by atoms with Crippen molar-refractivity contribution >= 4 is 21.6 Å². The predicted molar refractivity (Wildman–Crippen MR) is 66.8 cm³/mol. The molecule has 9 heteroatoms. The minimum Gasteiger partial charge on any atom is -0.321 e. The average Bonchev–Trinajstić information content (AvgIpc) is 2.75. The third kappa shape index (κ3) is 3.14. The molecule has 3 N–H and O–H groups in total. The van der Waals surface area contributed by atoms with Crippen LogP contribution in [0.15, 0.2) is 35.4 Å². The van der Waals surface area contributed by atoms with Gasteiger partial charge in [-0.1, -0.05) is 6.07 Å². The van der Waals surface area contributed by atoms with Crippen molar-refractivity contribution in [3.05, 3.63) is 36.2 Å². The van der Waals surface area contributed by atoms with Gasteiger partial charge in [0.2, 0.25) is 10.0 Å². The van der Waals surface area contributed by atoms with Gasteiger partial charge in [0, 0.05) is 12.7 Å². The van der Waals surface area contributed by atoms with Gasteiger partial charge in [0.25, 0.3) is 5.91 Å². The van der Waals surface area contributed by atoms with E-state index in [1.807, 2.05) is 0 Å². The first-order valence-corrected chi connectivity index (χ1v) is 6.71. The van der Waals surface area contributed by atoms with Crippen LogP contribution in [0, 0.1) is 0 Å². The third-order valence-corrected chi connectivity index (χ3v) is 3.16. The first-order valence-electron chi connectivity index (χ1n) is 5.17. The van der Waals surface area contributed by atoms with Crippen LogP contribution in [-0.4, -0.2) is 29.3 Å². The van der Waals surface area contributed by atoms with E-state index >= 15 is 0 Å². The predicted octanol–water partition coefficient (Wildman–Crippen LogP) is -0.285. The number of aryl methyl sites for hydroxylation is 1. The number of nitrogens with zero attached hydrogens (tertiary/aromatic N) is 3. The van der Waals surface area contributed by atoms with Crippen molar-refractivity contribution in [3.63, 3.8) is 0 Å². The molecule has 0 saturated heterocycles. The van der Waals surface area contributed by atoms with Crippen molar-refractivity contribution in [1.29, 1.82) is 0 Å². The zero-order valence-electron chi connectivity index (χ0n) is 9.94. The van der Waals surface area contributed by atoms with Crippen LogP contribution < -0.4 is 10.5 Å². The summed E-state index contributed by atoms with van der Waals surface area (Å²) in [5, 5.41) is 15.1. The zero-order valence-corrected chi connectivity index (χ0v) is 10.8. The summed E-state index contributed by atoms with van der Waals surface area (Å²) in [6, 6.07) is 5.63. The van der Waals surface area contributed by atoms with Gasteiger partial charge in [0.1, 0.15) is 0 Å². The van der Waals surface area contributed by atoms with Crippen molar-refractivity contribution in [1.82, 2.24) is 15.0 Å². The van der Waals surface area contributed by atoms with Gasteiger partial charge in [0.15, 0.2) is 5.69 Å². The fourth-order valence-corrected chi connectivity index (χ4v) is 1.96. The maximum atomic E-state index is 11.8. The zero-order chi connectivity index (χ0) is 14.0. The largest absolute Gasteiger partial charge is 0.321 e. The highest BCUT2D eigenvalue weighted by molar-refractivity contribution is 7.89. The highest BCUT2D eigenvalue weighted by atomic mass is 32.2. The molecule has 0 unspecified atom stereocenters. The lowest BCUT2D eigenvalue weighted by molar-refractivity contribution is 0.102. The molecule has 8 nitrogen and oxygen atoms in total. The molecule has 100 valence electrons. The number of rotatable bonds is 3. The van der Waals surface area contributed by atoms with E-state index in [-0.39, 0.29) is 10.6 Å². The summed E-state index contributed by atoms with van der Waals surface area (Å²) in [7, 11) is -2.22. The number of primary sulfonamides is 1.